The fourth-order valence-corrected chi connectivity index (χ4v) is 3.53. The highest BCUT2D eigenvalue weighted by Crippen LogP contribution is 2.37. The highest BCUT2D eigenvalue weighted by molar-refractivity contribution is 6.30. The van der Waals surface area contributed by atoms with Gasteiger partial charge in [0.25, 0.3) is 0 Å². The number of fused-ring (bicyclic) bond motifs is 2. The van der Waals surface area contributed by atoms with Crippen molar-refractivity contribution in [1.82, 2.24) is 9.38 Å². The Bertz CT molecular complexity index is 1200. The van der Waals surface area contributed by atoms with Gasteiger partial charge in [-0.1, -0.05) is 23.7 Å². The van der Waals surface area contributed by atoms with Gasteiger partial charge < -0.3 is 19.7 Å². The molecule has 0 saturated heterocycles. The number of halogens is 1. The number of benzene rings is 2. The van der Waals surface area contributed by atoms with E-state index < -0.39 is 0 Å². The number of aromatic nitrogens is 2. The van der Waals surface area contributed by atoms with Crippen molar-refractivity contribution < 1.29 is 9.47 Å². The predicted octanol–water partition coefficient (Wildman–Crippen LogP) is 5.19. The maximum atomic E-state index is 6.26. The average molecular weight is 407 g/mol. The van der Waals surface area contributed by atoms with E-state index in [1.165, 1.54) is 0 Å². The second-order valence-electron chi connectivity index (χ2n) is 7.02. The lowest BCUT2D eigenvalue weighted by Gasteiger charge is -2.13. The van der Waals surface area contributed by atoms with Gasteiger partial charge in [-0.25, -0.2) is 4.98 Å². The highest BCUT2D eigenvalue weighted by atomic mass is 35.5. The molecule has 0 saturated carbocycles. The molecule has 0 radical (unpaired) electrons. The Balaban J connectivity index is 1.62. The molecule has 29 heavy (non-hydrogen) atoms. The minimum Gasteiger partial charge on any atom is -0.454 e. The van der Waals surface area contributed by atoms with Crippen LogP contribution in [0, 0.1) is 0 Å². The smallest absolute Gasteiger partial charge is 0.231 e. The Labute approximate surface area is 173 Å². The lowest BCUT2D eigenvalue weighted by molar-refractivity contribution is 0.174. The van der Waals surface area contributed by atoms with E-state index in [9.17, 15) is 0 Å². The molecule has 1 aliphatic heterocycles. The molecule has 4 aromatic rings. The summed E-state index contributed by atoms with van der Waals surface area (Å²) in [4.78, 5) is 6.91. The van der Waals surface area contributed by atoms with Gasteiger partial charge in [-0.15, -0.1) is 0 Å². The molecule has 2 aromatic carbocycles. The molecule has 0 unspecified atom stereocenters. The zero-order valence-corrected chi connectivity index (χ0v) is 16.8. The summed E-state index contributed by atoms with van der Waals surface area (Å²) in [6, 6.07) is 17.8. The number of hydrogen-bond donors (Lipinski definition) is 1. The molecule has 0 atom stereocenters. The van der Waals surface area contributed by atoms with E-state index in [4.69, 9.17) is 26.1 Å². The van der Waals surface area contributed by atoms with Crippen LogP contribution in [-0.4, -0.2) is 30.3 Å². The van der Waals surface area contributed by atoms with Gasteiger partial charge in [0.1, 0.15) is 17.2 Å². The average Bonchev–Trinajstić information content (AvgIpc) is 3.32. The Hall–Kier alpha value is -3.38. The lowest BCUT2D eigenvalue weighted by atomic mass is 10.1. The Kier molecular flexibility index (Phi) is 4.21. The summed E-state index contributed by atoms with van der Waals surface area (Å²) in [6.07, 6.45) is 1.86. The van der Waals surface area contributed by atoms with Crippen molar-refractivity contribution >= 4 is 34.4 Å². The van der Waals surface area contributed by atoms with Crippen molar-refractivity contribution in [2.75, 3.05) is 31.1 Å². The minimum atomic E-state index is 0.244. The monoisotopic (exact) mass is 406 g/mol. The molecule has 7 heteroatoms. The third kappa shape index (κ3) is 3.21. The van der Waals surface area contributed by atoms with Gasteiger partial charge in [-0.2, -0.15) is 0 Å². The first-order valence-electron chi connectivity index (χ1n) is 9.20. The van der Waals surface area contributed by atoms with Crippen molar-refractivity contribution in [3.63, 3.8) is 0 Å². The SMILES string of the molecule is CN(C)c1ccc(-c2nc3ccc(Cl)cn3c2Nc2ccc3c(c2)OCO3)cc1. The van der Waals surface area contributed by atoms with Gasteiger partial charge in [-0.05, 0) is 36.4 Å². The van der Waals surface area contributed by atoms with Crippen LogP contribution in [-0.2, 0) is 0 Å². The maximum Gasteiger partial charge on any atom is 0.231 e. The zero-order chi connectivity index (χ0) is 20.0. The van der Waals surface area contributed by atoms with Gasteiger partial charge in [0.2, 0.25) is 6.79 Å². The number of pyridine rings is 1. The molecule has 0 bridgehead atoms. The summed E-state index contributed by atoms with van der Waals surface area (Å²) in [6.45, 7) is 0.244. The summed E-state index contributed by atoms with van der Waals surface area (Å²) in [5, 5.41) is 4.12. The largest absolute Gasteiger partial charge is 0.454 e. The number of ether oxygens (including phenoxy) is 2. The number of hydrogen-bond acceptors (Lipinski definition) is 5. The highest BCUT2D eigenvalue weighted by Gasteiger charge is 2.18. The summed E-state index contributed by atoms with van der Waals surface area (Å²) >= 11 is 6.26. The van der Waals surface area contributed by atoms with E-state index in [1.807, 2.05) is 55.0 Å². The molecule has 0 aliphatic carbocycles. The van der Waals surface area contributed by atoms with E-state index >= 15 is 0 Å². The molecule has 2 aromatic heterocycles. The van der Waals surface area contributed by atoms with Gasteiger partial charge >= 0.3 is 0 Å². The van der Waals surface area contributed by atoms with Crippen LogP contribution >= 0.6 is 11.6 Å². The van der Waals surface area contributed by atoms with Crippen molar-refractivity contribution in [3.05, 3.63) is 65.8 Å². The molecular weight excluding hydrogens is 388 g/mol. The number of nitrogens with zero attached hydrogens (tertiary/aromatic N) is 3. The summed E-state index contributed by atoms with van der Waals surface area (Å²) in [7, 11) is 4.04. The molecule has 6 nitrogen and oxygen atoms in total. The van der Waals surface area contributed by atoms with Gasteiger partial charge in [-0.3, -0.25) is 4.40 Å². The summed E-state index contributed by atoms with van der Waals surface area (Å²) in [5.41, 5.74) is 4.67. The number of imidazole rings is 1. The van der Waals surface area contributed by atoms with Crippen molar-refractivity contribution in [2.24, 2.45) is 0 Å². The summed E-state index contributed by atoms with van der Waals surface area (Å²) in [5.74, 6) is 2.30. The molecule has 1 aliphatic rings. The van der Waals surface area contributed by atoms with Crippen LogP contribution in [0.4, 0.5) is 17.2 Å². The number of nitrogens with one attached hydrogen (secondary N) is 1. The second-order valence-corrected chi connectivity index (χ2v) is 7.46. The molecule has 0 spiro atoms. The first-order valence-corrected chi connectivity index (χ1v) is 9.58. The molecule has 5 rings (SSSR count). The van der Waals surface area contributed by atoms with Crippen LogP contribution in [0.1, 0.15) is 0 Å². The van der Waals surface area contributed by atoms with Gasteiger partial charge in [0.15, 0.2) is 11.5 Å². The molecule has 3 heterocycles. The van der Waals surface area contributed by atoms with Gasteiger partial charge in [0.05, 0.1) is 5.02 Å². The predicted molar refractivity (Wildman–Crippen MR) is 116 cm³/mol. The third-order valence-corrected chi connectivity index (χ3v) is 5.10. The summed E-state index contributed by atoms with van der Waals surface area (Å²) < 4.78 is 12.9. The first kappa shape index (κ1) is 17.7. The number of anilines is 3. The van der Waals surface area contributed by atoms with E-state index in [2.05, 4.69) is 34.5 Å². The molecule has 0 fully saturated rings. The van der Waals surface area contributed by atoms with E-state index in [0.29, 0.717) is 5.02 Å². The quantitative estimate of drug-likeness (QED) is 0.505. The number of rotatable bonds is 4. The first-order chi connectivity index (χ1) is 14.1. The standard InChI is InChI=1S/C22H19ClN4O2/c1-26(2)17-7-3-14(4-8-17)21-22(27-12-15(23)5-10-20(27)25-21)24-16-6-9-18-19(11-16)29-13-28-18/h3-12,24H,13H2,1-2H3. The van der Waals surface area contributed by atoms with Crippen LogP contribution in [0.3, 0.4) is 0 Å². The van der Waals surface area contributed by atoms with E-state index in [-0.39, 0.29) is 6.79 Å². The fraction of sp³-hybridized carbons (Fsp3) is 0.136. The van der Waals surface area contributed by atoms with Crippen molar-refractivity contribution in [1.29, 1.82) is 0 Å². The van der Waals surface area contributed by atoms with Gasteiger partial charge in [0, 0.05) is 43.3 Å². The normalized spacial score (nSPS) is 12.4. The van der Waals surface area contributed by atoms with E-state index in [0.717, 1.165) is 45.6 Å². The Morgan fingerprint density at radius 2 is 1.79 bits per heavy atom. The molecule has 0 amide bonds. The minimum absolute atomic E-state index is 0.244. The van der Waals surface area contributed by atoms with Crippen LogP contribution in [0.15, 0.2) is 60.8 Å². The second kappa shape index (κ2) is 6.90. The van der Waals surface area contributed by atoms with E-state index in [1.54, 1.807) is 0 Å². The lowest BCUT2D eigenvalue weighted by Crippen LogP contribution is -2.07. The molecular formula is C22H19ClN4O2. The van der Waals surface area contributed by atoms with Crippen LogP contribution < -0.4 is 19.7 Å². The van der Waals surface area contributed by atoms with Crippen molar-refractivity contribution in [3.8, 4) is 22.8 Å². The Morgan fingerprint density at radius 3 is 2.59 bits per heavy atom. The van der Waals surface area contributed by atoms with Crippen LogP contribution in [0.25, 0.3) is 16.9 Å². The topological polar surface area (TPSA) is 51.0 Å². The fourth-order valence-electron chi connectivity index (χ4n) is 3.37. The molecule has 1 N–H and O–H groups in total. The third-order valence-electron chi connectivity index (χ3n) is 4.87. The maximum absolute atomic E-state index is 6.26. The zero-order valence-electron chi connectivity index (χ0n) is 16.0. The van der Waals surface area contributed by atoms with Crippen LogP contribution in [0.5, 0.6) is 11.5 Å². The Morgan fingerprint density at radius 1 is 1.00 bits per heavy atom. The molecule has 146 valence electrons. The van der Waals surface area contributed by atoms with Crippen molar-refractivity contribution in [2.45, 2.75) is 0 Å². The van der Waals surface area contributed by atoms with Crippen LogP contribution in [0.2, 0.25) is 5.02 Å².